The first-order valence-electron chi connectivity index (χ1n) is 6.72. The summed E-state index contributed by atoms with van der Waals surface area (Å²) < 4.78 is 5.50. The smallest absolute Gasteiger partial charge is 0.233 e. The summed E-state index contributed by atoms with van der Waals surface area (Å²) in [4.78, 5) is 4.66. The highest BCUT2D eigenvalue weighted by atomic mass is 16.5. The molecule has 1 aromatic heterocycles. The molecule has 3 atom stereocenters. The number of hydrogen-bond donors (Lipinski definition) is 1. The van der Waals surface area contributed by atoms with Crippen LogP contribution in [0.2, 0.25) is 0 Å². The Morgan fingerprint density at radius 3 is 2.94 bits per heavy atom. The summed E-state index contributed by atoms with van der Waals surface area (Å²) in [5, 5.41) is 7.58. The Morgan fingerprint density at radius 2 is 2.29 bits per heavy atom. The van der Waals surface area contributed by atoms with Crippen molar-refractivity contribution in [3.63, 3.8) is 0 Å². The van der Waals surface area contributed by atoms with E-state index in [0.717, 1.165) is 37.1 Å². The molecule has 1 aliphatic carbocycles. The highest BCUT2D eigenvalue weighted by Gasteiger charge is 2.37. The summed E-state index contributed by atoms with van der Waals surface area (Å²) in [5.74, 6) is 3.11. The lowest BCUT2D eigenvalue weighted by molar-refractivity contribution is 0.303. The Hall–Kier alpha value is -0.900. The van der Waals surface area contributed by atoms with Crippen LogP contribution >= 0.6 is 0 Å². The van der Waals surface area contributed by atoms with Crippen molar-refractivity contribution in [1.29, 1.82) is 0 Å². The first-order valence-corrected chi connectivity index (χ1v) is 6.72. The fourth-order valence-corrected chi connectivity index (χ4v) is 3.09. The second-order valence-corrected chi connectivity index (χ2v) is 6.06. The summed E-state index contributed by atoms with van der Waals surface area (Å²) in [6.45, 7) is 6.52. The van der Waals surface area contributed by atoms with Crippen molar-refractivity contribution in [2.75, 3.05) is 13.1 Å². The van der Waals surface area contributed by atoms with E-state index in [1.54, 1.807) is 0 Å². The molecule has 1 N–H and O–H groups in total. The largest absolute Gasteiger partial charge is 0.339 e. The number of aromatic nitrogens is 2. The van der Waals surface area contributed by atoms with E-state index in [1.165, 1.54) is 19.3 Å². The van der Waals surface area contributed by atoms with E-state index in [-0.39, 0.29) is 5.41 Å². The zero-order chi connectivity index (χ0) is 11.9. The first-order chi connectivity index (χ1) is 8.17. The molecule has 2 heterocycles. The molecule has 17 heavy (non-hydrogen) atoms. The van der Waals surface area contributed by atoms with Gasteiger partial charge in [-0.2, -0.15) is 4.98 Å². The fraction of sp³-hybridized carbons (Fsp3) is 0.846. The lowest BCUT2D eigenvalue weighted by atomic mass is 9.90. The molecule has 1 saturated heterocycles. The van der Waals surface area contributed by atoms with Gasteiger partial charge in [-0.3, -0.25) is 0 Å². The highest BCUT2D eigenvalue weighted by Crippen LogP contribution is 2.37. The molecular weight excluding hydrogens is 214 g/mol. The molecular formula is C13H21N3O. The van der Waals surface area contributed by atoms with Gasteiger partial charge in [-0.1, -0.05) is 12.1 Å². The highest BCUT2D eigenvalue weighted by molar-refractivity contribution is 5.09. The summed E-state index contributed by atoms with van der Waals surface area (Å²) in [6.07, 6.45) is 4.83. The Balaban J connectivity index is 1.78. The van der Waals surface area contributed by atoms with Gasteiger partial charge in [0.15, 0.2) is 5.82 Å². The molecule has 3 unspecified atom stereocenters. The summed E-state index contributed by atoms with van der Waals surface area (Å²) in [5.41, 5.74) is 0.0511. The predicted octanol–water partition coefficient (Wildman–Crippen LogP) is 2.22. The zero-order valence-electron chi connectivity index (χ0n) is 10.7. The zero-order valence-corrected chi connectivity index (χ0v) is 10.7. The molecule has 2 aliphatic rings. The van der Waals surface area contributed by atoms with Gasteiger partial charge in [0.05, 0.1) is 5.41 Å². The molecule has 3 rings (SSSR count). The monoisotopic (exact) mass is 235 g/mol. The molecule has 1 aliphatic heterocycles. The second kappa shape index (κ2) is 4.09. The van der Waals surface area contributed by atoms with Gasteiger partial charge in [-0.25, -0.2) is 0 Å². The standard InChI is InChI=1S/C13H21N3O/c1-9-3-4-10(7-9)11-15-12(17-16-11)13(2)5-6-14-8-13/h9-10,14H,3-8H2,1-2H3. The van der Waals surface area contributed by atoms with E-state index in [9.17, 15) is 0 Å². The third kappa shape index (κ3) is 1.99. The molecule has 1 saturated carbocycles. The van der Waals surface area contributed by atoms with Crippen molar-refractivity contribution in [3.05, 3.63) is 11.7 Å². The molecule has 0 aromatic carbocycles. The lowest BCUT2D eigenvalue weighted by Crippen LogP contribution is -2.25. The average molecular weight is 235 g/mol. The molecule has 0 bridgehead atoms. The van der Waals surface area contributed by atoms with Crippen LogP contribution in [-0.2, 0) is 5.41 Å². The third-order valence-electron chi connectivity index (χ3n) is 4.39. The van der Waals surface area contributed by atoms with Gasteiger partial charge in [0.25, 0.3) is 0 Å². The van der Waals surface area contributed by atoms with E-state index < -0.39 is 0 Å². The third-order valence-corrected chi connectivity index (χ3v) is 4.39. The van der Waals surface area contributed by atoms with Gasteiger partial charge in [0.2, 0.25) is 5.89 Å². The molecule has 0 spiro atoms. The van der Waals surface area contributed by atoms with E-state index >= 15 is 0 Å². The number of nitrogens with one attached hydrogen (secondary N) is 1. The van der Waals surface area contributed by atoms with Crippen LogP contribution in [-0.4, -0.2) is 23.2 Å². The summed E-state index contributed by atoms with van der Waals surface area (Å²) >= 11 is 0. The normalized spacial score (nSPS) is 37.8. The quantitative estimate of drug-likeness (QED) is 0.854. The van der Waals surface area contributed by atoms with Crippen LogP contribution in [0.4, 0.5) is 0 Å². The average Bonchev–Trinajstić information content (AvgIpc) is 2.96. The molecule has 4 nitrogen and oxygen atoms in total. The van der Waals surface area contributed by atoms with E-state index in [0.29, 0.717) is 5.92 Å². The lowest BCUT2D eigenvalue weighted by Gasteiger charge is -2.16. The van der Waals surface area contributed by atoms with Gasteiger partial charge in [-0.05, 0) is 45.1 Å². The summed E-state index contributed by atoms with van der Waals surface area (Å²) in [7, 11) is 0. The van der Waals surface area contributed by atoms with E-state index in [1.807, 2.05) is 0 Å². The maximum absolute atomic E-state index is 5.50. The Kier molecular flexibility index (Phi) is 2.69. The predicted molar refractivity (Wildman–Crippen MR) is 64.9 cm³/mol. The second-order valence-electron chi connectivity index (χ2n) is 6.06. The minimum Gasteiger partial charge on any atom is -0.339 e. The molecule has 0 radical (unpaired) electrons. The van der Waals surface area contributed by atoms with E-state index in [2.05, 4.69) is 29.3 Å². The number of hydrogen-bond acceptors (Lipinski definition) is 4. The topological polar surface area (TPSA) is 51.0 Å². The summed E-state index contributed by atoms with van der Waals surface area (Å²) in [6, 6.07) is 0. The van der Waals surface area contributed by atoms with Gasteiger partial charge >= 0.3 is 0 Å². The number of nitrogens with zero attached hydrogens (tertiary/aromatic N) is 2. The van der Waals surface area contributed by atoms with E-state index in [4.69, 9.17) is 4.52 Å². The van der Waals surface area contributed by atoms with Crippen LogP contribution in [0.15, 0.2) is 4.52 Å². The molecule has 2 fully saturated rings. The van der Waals surface area contributed by atoms with Gasteiger partial charge < -0.3 is 9.84 Å². The molecule has 0 amide bonds. The maximum Gasteiger partial charge on any atom is 0.233 e. The maximum atomic E-state index is 5.50. The Labute approximate surface area is 102 Å². The molecule has 4 heteroatoms. The fourth-order valence-electron chi connectivity index (χ4n) is 3.09. The van der Waals surface area contributed by atoms with Crippen molar-refractivity contribution in [2.45, 2.75) is 50.9 Å². The van der Waals surface area contributed by atoms with Crippen LogP contribution in [0.5, 0.6) is 0 Å². The van der Waals surface area contributed by atoms with Crippen molar-refractivity contribution in [2.24, 2.45) is 5.92 Å². The Bertz CT molecular complexity index is 395. The van der Waals surface area contributed by atoms with Crippen LogP contribution in [0.25, 0.3) is 0 Å². The van der Waals surface area contributed by atoms with Crippen LogP contribution in [0, 0.1) is 5.92 Å². The SMILES string of the molecule is CC1CCC(c2noc(C3(C)CCNC3)n2)C1. The van der Waals surface area contributed by atoms with Crippen LogP contribution in [0.3, 0.4) is 0 Å². The minimum absolute atomic E-state index is 0.0511. The van der Waals surface area contributed by atoms with Crippen LogP contribution < -0.4 is 5.32 Å². The molecule has 1 aromatic rings. The first kappa shape index (κ1) is 11.2. The van der Waals surface area contributed by atoms with Crippen molar-refractivity contribution in [1.82, 2.24) is 15.5 Å². The number of rotatable bonds is 2. The van der Waals surface area contributed by atoms with Crippen LogP contribution in [0.1, 0.15) is 57.2 Å². The van der Waals surface area contributed by atoms with Crippen molar-refractivity contribution >= 4 is 0 Å². The Morgan fingerprint density at radius 1 is 1.41 bits per heavy atom. The minimum atomic E-state index is 0.0511. The van der Waals surface area contributed by atoms with Gasteiger partial charge in [0.1, 0.15) is 0 Å². The van der Waals surface area contributed by atoms with Gasteiger partial charge in [-0.15, -0.1) is 0 Å². The molecule has 94 valence electrons. The van der Waals surface area contributed by atoms with Crippen molar-refractivity contribution in [3.8, 4) is 0 Å². The van der Waals surface area contributed by atoms with Crippen molar-refractivity contribution < 1.29 is 4.52 Å². The van der Waals surface area contributed by atoms with Gasteiger partial charge in [0, 0.05) is 12.5 Å².